The number of unbranched alkanes of at least 4 members (excludes halogenated alkanes) is 24. The van der Waals surface area contributed by atoms with Crippen LogP contribution >= 0.6 is 17.0 Å². The second kappa shape index (κ2) is 30.4. The fourth-order valence-corrected chi connectivity index (χ4v) is 4.70. The van der Waals surface area contributed by atoms with Crippen LogP contribution in [0.15, 0.2) is 0 Å². The molecule has 0 spiro atoms. The van der Waals surface area contributed by atoms with Crippen molar-refractivity contribution >= 4 is 17.0 Å². The first-order valence-corrected chi connectivity index (χ1v) is 14.8. The Morgan fingerprint density at radius 1 is 0.394 bits per heavy atom. The lowest BCUT2D eigenvalue weighted by molar-refractivity contribution is 0.0680. The average molecular weight is 537 g/mol. The van der Waals surface area contributed by atoms with E-state index in [9.17, 15) is 5.11 Å². The van der Waals surface area contributed by atoms with Crippen molar-refractivity contribution in [3.8, 4) is 0 Å². The summed E-state index contributed by atoms with van der Waals surface area (Å²) in [5.41, 5.74) is -0.466. The molecule has 0 fully saturated rings. The minimum atomic E-state index is -0.466. The van der Waals surface area contributed by atoms with Gasteiger partial charge in [-0.3, -0.25) is 0 Å². The highest BCUT2D eigenvalue weighted by atomic mass is 79.9. The lowest BCUT2D eigenvalue weighted by atomic mass is 9.99. The third kappa shape index (κ3) is 37.1. The summed E-state index contributed by atoms with van der Waals surface area (Å²) in [7, 11) is 0. The molecule has 0 bridgehead atoms. The van der Waals surface area contributed by atoms with Gasteiger partial charge in [0.1, 0.15) is 0 Å². The fraction of sp³-hybridized carbons (Fsp3) is 1.00. The minimum Gasteiger partial charge on any atom is -0.390 e. The molecule has 0 heterocycles. The molecule has 0 aromatic rings. The highest BCUT2D eigenvalue weighted by molar-refractivity contribution is 8.93. The van der Waals surface area contributed by atoms with Crippen LogP contribution in [0.3, 0.4) is 0 Å². The standard InChI is InChI=1S/C30H62O.BrH.H3N/c1-4-5-6-7-8-9-10-11-12-13-14-15-16-17-18-19-20-21-22-23-24-25-26-27-28-29-30(2,3)31;;/h31H,4-29H2,1-3H3;1H;1H3. The fourth-order valence-electron chi connectivity index (χ4n) is 4.70. The maximum atomic E-state index is 9.70. The monoisotopic (exact) mass is 535 g/mol. The van der Waals surface area contributed by atoms with Crippen molar-refractivity contribution in [2.24, 2.45) is 0 Å². The van der Waals surface area contributed by atoms with Gasteiger partial charge in [-0.05, 0) is 20.3 Å². The minimum absolute atomic E-state index is 0. The Labute approximate surface area is 221 Å². The molecule has 204 valence electrons. The second-order valence-corrected chi connectivity index (χ2v) is 11.0. The summed E-state index contributed by atoms with van der Waals surface area (Å²) < 4.78 is 0. The van der Waals surface area contributed by atoms with Gasteiger partial charge in [-0.2, -0.15) is 0 Å². The van der Waals surface area contributed by atoms with Crippen LogP contribution in [0.2, 0.25) is 0 Å². The molecule has 4 N–H and O–H groups in total. The highest BCUT2D eigenvalue weighted by Crippen LogP contribution is 2.17. The van der Waals surface area contributed by atoms with Crippen molar-refractivity contribution in [3.63, 3.8) is 0 Å². The van der Waals surface area contributed by atoms with Crippen LogP contribution in [0.5, 0.6) is 0 Å². The second-order valence-electron chi connectivity index (χ2n) is 11.0. The van der Waals surface area contributed by atoms with Crippen LogP contribution in [0.4, 0.5) is 0 Å². The first-order chi connectivity index (χ1) is 15.1. The van der Waals surface area contributed by atoms with Gasteiger partial charge in [-0.1, -0.05) is 167 Å². The zero-order valence-corrected chi connectivity index (χ0v) is 25.2. The van der Waals surface area contributed by atoms with Crippen molar-refractivity contribution in [2.45, 2.75) is 193 Å². The zero-order valence-electron chi connectivity index (χ0n) is 23.4. The predicted octanol–water partition coefficient (Wildman–Crippen LogP) is 11.7. The van der Waals surface area contributed by atoms with E-state index in [-0.39, 0.29) is 23.1 Å². The van der Waals surface area contributed by atoms with E-state index in [1.807, 2.05) is 13.8 Å². The van der Waals surface area contributed by atoms with E-state index in [4.69, 9.17) is 0 Å². The summed E-state index contributed by atoms with van der Waals surface area (Å²) in [5.74, 6) is 0. The summed E-state index contributed by atoms with van der Waals surface area (Å²) >= 11 is 0. The van der Waals surface area contributed by atoms with Crippen molar-refractivity contribution in [3.05, 3.63) is 0 Å². The Balaban J connectivity index is -0.00000450. The molecule has 0 saturated heterocycles. The molecular weight excluding hydrogens is 470 g/mol. The van der Waals surface area contributed by atoms with Gasteiger partial charge in [-0.25, -0.2) is 0 Å². The van der Waals surface area contributed by atoms with Gasteiger partial charge < -0.3 is 11.3 Å². The van der Waals surface area contributed by atoms with Crippen LogP contribution in [0.1, 0.15) is 188 Å². The van der Waals surface area contributed by atoms with Crippen molar-refractivity contribution < 1.29 is 5.11 Å². The van der Waals surface area contributed by atoms with E-state index in [1.165, 1.54) is 161 Å². The van der Waals surface area contributed by atoms with Gasteiger partial charge in [0, 0.05) is 0 Å². The summed E-state index contributed by atoms with van der Waals surface area (Å²) in [5, 5.41) is 9.70. The molecule has 0 aromatic heterocycles. The molecular formula is C30H66BrNO. The number of rotatable bonds is 26. The third-order valence-corrected chi connectivity index (χ3v) is 6.89. The van der Waals surface area contributed by atoms with Crippen LogP contribution in [0.25, 0.3) is 0 Å². The molecule has 0 saturated carbocycles. The maximum absolute atomic E-state index is 9.70. The summed E-state index contributed by atoms with van der Waals surface area (Å²) in [4.78, 5) is 0. The largest absolute Gasteiger partial charge is 0.390 e. The number of hydrogen-bond donors (Lipinski definition) is 2. The summed E-state index contributed by atoms with van der Waals surface area (Å²) in [6.45, 7) is 6.15. The molecule has 3 heteroatoms. The molecule has 0 unspecified atom stereocenters. The third-order valence-electron chi connectivity index (χ3n) is 6.89. The quantitative estimate of drug-likeness (QED) is 0.108. The highest BCUT2D eigenvalue weighted by Gasteiger charge is 2.10. The van der Waals surface area contributed by atoms with Gasteiger partial charge in [0.2, 0.25) is 0 Å². The zero-order chi connectivity index (χ0) is 22.9. The van der Waals surface area contributed by atoms with Crippen molar-refractivity contribution in [2.75, 3.05) is 0 Å². The molecule has 0 atom stereocenters. The van der Waals surface area contributed by atoms with E-state index < -0.39 is 5.60 Å². The van der Waals surface area contributed by atoms with Crippen LogP contribution < -0.4 is 6.15 Å². The van der Waals surface area contributed by atoms with Gasteiger partial charge >= 0.3 is 0 Å². The summed E-state index contributed by atoms with van der Waals surface area (Å²) in [6, 6.07) is 0. The topological polar surface area (TPSA) is 55.2 Å². The molecule has 33 heavy (non-hydrogen) atoms. The van der Waals surface area contributed by atoms with E-state index in [1.54, 1.807) is 0 Å². The van der Waals surface area contributed by atoms with Gasteiger partial charge in [0.25, 0.3) is 0 Å². The molecule has 0 rings (SSSR count). The van der Waals surface area contributed by atoms with Gasteiger partial charge in [0.05, 0.1) is 5.60 Å². The van der Waals surface area contributed by atoms with Gasteiger partial charge in [0.15, 0.2) is 0 Å². The first kappa shape index (κ1) is 37.9. The Hall–Kier alpha value is 0.400. The first-order valence-electron chi connectivity index (χ1n) is 14.8. The molecule has 0 amide bonds. The Kier molecular flexibility index (Phi) is 35.0. The molecule has 0 aliphatic heterocycles. The molecule has 0 aromatic carbocycles. The Bertz CT molecular complexity index is 330. The Morgan fingerprint density at radius 2 is 0.576 bits per heavy atom. The number of aliphatic hydroxyl groups is 1. The van der Waals surface area contributed by atoms with Gasteiger partial charge in [-0.15, -0.1) is 17.0 Å². The molecule has 0 aliphatic carbocycles. The summed E-state index contributed by atoms with van der Waals surface area (Å²) in [6.07, 6.45) is 36.9. The number of halogens is 1. The maximum Gasteiger partial charge on any atom is 0.0591 e. The predicted molar refractivity (Wildman–Crippen MR) is 157 cm³/mol. The van der Waals surface area contributed by atoms with E-state index in [0.29, 0.717) is 0 Å². The lowest BCUT2D eigenvalue weighted by Gasteiger charge is -2.16. The molecule has 2 nitrogen and oxygen atoms in total. The van der Waals surface area contributed by atoms with Crippen molar-refractivity contribution in [1.29, 1.82) is 0 Å². The number of hydrogen-bond acceptors (Lipinski definition) is 2. The molecule has 0 radical (unpaired) electrons. The average Bonchev–Trinajstić information content (AvgIpc) is 2.73. The molecule has 0 aliphatic rings. The SMILES string of the molecule is Br.CCCCCCCCCCCCCCCCCCCCCCCCCCCC(C)(C)O.N. The van der Waals surface area contributed by atoms with E-state index in [0.717, 1.165) is 6.42 Å². The van der Waals surface area contributed by atoms with E-state index in [2.05, 4.69) is 6.92 Å². The normalized spacial score (nSPS) is 11.3. The Morgan fingerprint density at radius 3 is 0.758 bits per heavy atom. The van der Waals surface area contributed by atoms with Crippen LogP contribution in [-0.4, -0.2) is 10.7 Å². The van der Waals surface area contributed by atoms with Crippen LogP contribution in [-0.2, 0) is 0 Å². The lowest BCUT2D eigenvalue weighted by Crippen LogP contribution is -2.17. The van der Waals surface area contributed by atoms with E-state index >= 15 is 0 Å². The van der Waals surface area contributed by atoms with Crippen molar-refractivity contribution in [1.82, 2.24) is 6.15 Å². The van der Waals surface area contributed by atoms with Crippen LogP contribution in [0, 0.1) is 0 Å². The smallest absolute Gasteiger partial charge is 0.0591 e.